The minimum absolute atomic E-state index is 0.119. The molecule has 0 atom stereocenters. The summed E-state index contributed by atoms with van der Waals surface area (Å²) < 4.78 is 4.59. The largest absolute Gasteiger partial charge is 0.469 e. The van der Waals surface area contributed by atoms with Crippen molar-refractivity contribution in [2.75, 3.05) is 7.11 Å². The monoisotopic (exact) mass is 292 g/mol. The van der Waals surface area contributed by atoms with Gasteiger partial charge < -0.3 is 4.74 Å². The van der Waals surface area contributed by atoms with Gasteiger partial charge in [-0.1, -0.05) is 68.4 Å². The molecule has 2 nitrogen and oxygen atoms in total. The molecule has 0 amide bonds. The van der Waals surface area contributed by atoms with Gasteiger partial charge >= 0.3 is 5.97 Å². The van der Waals surface area contributed by atoms with Crippen LogP contribution in [0.15, 0.2) is 48.6 Å². The third-order valence-electron chi connectivity index (χ3n) is 3.03. The van der Waals surface area contributed by atoms with Gasteiger partial charge in [0.05, 0.1) is 7.11 Å². The molecule has 0 unspecified atom stereocenters. The highest BCUT2D eigenvalue weighted by molar-refractivity contribution is 5.68. The van der Waals surface area contributed by atoms with E-state index in [1.807, 2.05) is 24.3 Å². The molecular formula is C19H30O2. The molecule has 118 valence electrons. The Morgan fingerprint density at radius 2 is 1.33 bits per heavy atom. The fourth-order valence-corrected chi connectivity index (χ4v) is 1.75. The third kappa shape index (κ3) is 16.4. The zero-order chi connectivity index (χ0) is 15.6. The van der Waals surface area contributed by atoms with Crippen LogP contribution in [0.3, 0.4) is 0 Å². The lowest BCUT2D eigenvalue weighted by Gasteiger charge is -1.96. The number of carbonyl (C=O) groups is 1. The second-order valence-corrected chi connectivity index (χ2v) is 4.94. The van der Waals surface area contributed by atoms with Gasteiger partial charge in [0, 0.05) is 6.42 Å². The molecule has 0 saturated heterocycles. The van der Waals surface area contributed by atoms with E-state index in [1.54, 1.807) is 0 Å². The third-order valence-corrected chi connectivity index (χ3v) is 3.03. The summed E-state index contributed by atoms with van der Waals surface area (Å²) in [5.74, 6) is -0.119. The SMILES string of the molecule is CCCCC/C=C/C=C/C=C/C=C/CCCC[14C](=O)OC. The molecule has 0 aromatic heterocycles. The van der Waals surface area contributed by atoms with Gasteiger partial charge in [-0.3, -0.25) is 4.79 Å². The second kappa shape index (κ2) is 16.5. The first-order valence-corrected chi connectivity index (χ1v) is 8.03. The molecule has 2 heteroatoms. The van der Waals surface area contributed by atoms with Crippen LogP contribution in [0.1, 0.15) is 58.3 Å². The van der Waals surface area contributed by atoms with Gasteiger partial charge in [-0.05, 0) is 32.1 Å². The molecule has 0 fully saturated rings. The van der Waals surface area contributed by atoms with Gasteiger partial charge in [0.25, 0.3) is 0 Å². The van der Waals surface area contributed by atoms with Gasteiger partial charge in [-0.15, -0.1) is 0 Å². The fourth-order valence-electron chi connectivity index (χ4n) is 1.75. The van der Waals surface area contributed by atoms with E-state index in [4.69, 9.17) is 0 Å². The first-order chi connectivity index (χ1) is 10.3. The number of unbranched alkanes of at least 4 members (excludes halogenated alkanes) is 5. The Labute approximate surface area is 130 Å². The summed E-state index contributed by atoms with van der Waals surface area (Å²) in [7, 11) is 1.43. The number of esters is 1. The van der Waals surface area contributed by atoms with E-state index in [0.717, 1.165) is 19.3 Å². The number of carbonyl (C=O) groups excluding carboxylic acids is 1. The number of rotatable bonds is 12. The summed E-state index contributed by atoms with van der Waals surface area (Å²) in [5.41, 5.74) is 0. The summed E-state index contributed by atoms with van der Waals surface area (Å²) >= 11 is 0. The average Bonchev–Trinajstić information content (AvgIpc) is 2.50. The molecule has 0 rings (SSSR count). The highest BCUT2D eigenvalue weighted by atomic mass is 16.7. The fraction of sp³-hybridized carbons (Fsp3) is 0.526. The normalized spacial score (nSPS) is 12.3. The molecule has 0 aliphatic carbocycles. The summed E-state index contributed by atoms with van der Waals surface area (Å²) in [6.07, 6.45) is 25.2. The Morgan fingerprint density at radius 3 is 1.86 bits per heavy atom. The van der Waals surface area contributed by atoms with E-state index in [2.05, 4.69) is 36.0 Å². The number of hydrogen-bond donors (Lipinski definition) is 0. The molecule has 0 spiro atoms. The molecule has 21 heavy (non-hydrogen) atoms. The average molecular weight is 292 g/mol. The van der Waals surface area contributed by atoms with Crippen LogP contribution in [0.25, 0.3) is 0 Å². The van der Waals surface area contributed by atoms with Gasteiger partial charge in [0.1, 0.15) is 0 Å². The zero-order valence-electron chi connectivity index (χ0n) is 13.6. The van der Waals surface area contributed by atoms with E-state index in [0.29, 0.717) is 6.42 Å². The van der Waals surface area contributed by atoms with Crippen LogP contribution in [0, 0.1) is 0 Å². The molecule has 0 aliphatic heterocycles. The lowest BCUT2D eigenvalue weighted by atomic mass is 10.2. The predicted molar refractivity (Wildman–Crippen MR) is 91.2 cm³/mol. The highest BCUT2D eigenvalue weighted by Crippen LogP contribution is 2.02. The molecule has 0 aromatic carbocycles. The zero-order valence-corrected chi connectivity index (χ0v) is 13.6. The van der Waals surface area contributed by atoms with Crippen LogP contribution < -0.4 is 0 Å². The number of methoxy groups -OCH3 is 1. The van der Waals surface area contributed by atoms with Crippen molar-refractivity contribution in [1.82, 2.24) is 0 Å². The first kappa shape index (κ1) is 19.4. The van der Waals surface area contributed by atoms with Crippen LogP contribution in [0.5, 0.6) is 0 Å². The Bertz CT molecular complexity index is 349. The maximum atomic E-state index is 10.9. The number of hydrogen-bond acceptors (Lipinski definition) is 2. The van der Waals surface area contributed by atoms with Crippen molar-refractivity contribution in [3.8, 4) is 0 Å². The van der Waals surface area contributed by atoms with Crippen molar-refractivity contribution >= 4 is 5.97 Å². The molecule has 0 heterocycles. The Balaban J connectivity index is 3.49. The van der Waals surface area contributed by atoms with Crippen LogP contribution in [-0.2, 0) is 9.53 Å². The van der Waals surface area contributed by atoms with E-state index in [1.165, 1.54) is 32.8 Å². The van der Waals surface area contributed by atoms with E-state index >= 15 is 0 Å². The van der Waals surface area contributed by atoms with Crippen LogP contribution >= 0.6 is 0 Å². The van der Waals surface area contributed by atoms with Crippen molar-refractivity contribution in [2.24, 2.45) is 0 Å². The van der Waals surface area contributed by atoms with Gasteiger partial charge in [0.15, 0.2) is 0 Å². The molecular weight excluding hydrogens is 262 g/mol. The Hall–Kier alpha value is -1.57. The minimum atomic E-state index is -0.119. The van der Waals surface area contributed by atoms with Gasteiger partial charge in [-0.25, -0.2) is 0 Å². The number of allylic oxidation sites excluding steroid dienone is 8. The minimum Gasteiger partial charge on any atom is -0.469 e. The Kier molecular flexibility index (Phi) is 15.3. The van der Waals surface area contributed by atoms with Gasteiger partial charge in [-0.2, -0.15) is 0 Å². The quantitative estimate of drug-likeness (QED) is 0.269. The lowest BCUT2D eigenvalue weighted by Crippen LogP contribution is -1.98. The van der Waals surface area contributed by atoms with Crippen molar-refractivity contribution < 1.29 is 9.53 Å². The molecule has 0 saturated carbocycles. The van der Waals surface area contributed by atoms with Crippen LogP contribution in [0.2, 0.25) is 0 Å². The summed E-state index contributed by atoms with van der Waals surface area (Å²) in [6, 6.07) is 0. The van der Waals surface area contributed by atoms with Crippen molar-refractivity contribution in [3.63, 3.8) is 0 Å². The summed E-state index contributed by atoms with van der Waals surface area (Å²) in [5, 5.41) is 0. The van der Waals surface area contributed by atoms with Crippen LogP contribution in [-0.4, -0.2) is 13.1 Å². The van der Waals surface area contributed by atoms with E-state index < -0.39 is 0 Å². The maximum absolute atomic E-state index is 10.9. The topological polar surface area (TPSA) is 26.3 Å². The molecule has 0 aliphatic rings. The number of ether oxygens (including phenoxy) is 1. The molecule has 0 bridgehead atoms. The van der Waals surface area contributed by atoms with Crippen molar-refractivity contribution in [3.05, 3.63) is 48.6 Å². The van der Waals surface area contributed by atoms with E-state index in [-0.39, 0.29) is 5.97 Å². The van der Waals surface area contributed by atoms with Crippen molar-refractivity contribution in [1.29, 1.82) is 0 Å². The van der Waals surface area contributed by atoms with E-state index in [9.17, 15) is 4.79 Å². The summed E-state index contributed by atoms with van der Waals surface area (Å²) in [6.45, 7) is 2.22. The maximum Gasteiger partial charge on any atom is 0.305 e. The predicted octanol–water partition coefficient (Wildman–Crippen LogP) is 5.52. The lowest BCUT2D eigenvalue weighted by molar-refractivity contribution is -0.140. The Morgan fingerprint density at radius 1 is 0.810 bits per heavy atom. The molecule has 0 aromatic rings. The first-order valence-electron chi connectivity index (χ1n) is 8.03. The standard InChI is InChI=1S/C19H30O2/c1-3-4-5-6-7-8-9-10-11-12-13-14-15-16-17-18-19(20)21-2/h7-14H,3-6,15-18H2,1-2H3/b8-7+,10-9+,12-11+,14-13+/i19+2. The second-order valence-electron chi connectivity index (χ2n) is 4.94. The molecule has 0 N–H and O–H groups in total. The van der Waals surface area contributed by atoms with Crippen molar-refractivity contribution in [2.45, 2.75) is 58.3 Å². The smallest absolute Gasteiger partial charge is 0.305 e. The summed E-state index contributed by atoms with van der Waals surface area (Å²) in [4.78, 5) is 10.9. The highest BCUT2D eigenvalue weighted by Gasteiger charge is 1.97. The van der Waals surface area contributed by atoms with Gasteiger partial charge in [0.2, 0.25) is 0 Å². The van der Waals surface area contributed by atoms with Crippen LogP contribution in [0.4, 0.5) is 0 Å². The molecule has 0 radical (unpaired) electrons.